The van der Waals surface area contributed by atoms with Crippen LogP contribution in [0.2, 0.25) is 0 Å². The standard InChI is InChI=1S/C19H24N4O4/c1-12-6-13(2)8-14(7-12)11-27-19(26)22-4-3-5-23-15(10-22)9-16(21-23)17(20)18(24)25/h6-9,17H,3-5,10-11,20H2,1-2H3,(H,24,25). The lowest BCUT2D eigenvalue weighted by Gasteiger charge is -2.19. The van der Waals surface area contributed by atoms with Crippen LogP contribution in [0.3, 0.4) is 0 Å². The first-order valence-corrected chi connectivity index (χ1v) is 8.87. The molecule has 1 aliphatic heterocycles. The van der Waals surface area contributed by atoms with Gasteiger partial charge in [0.2, 0.25) is 0 Å². The maximum atomic E-state index is 12.5. The number of benzene rings is 1. The quantitative estimate of drug-likeness (QED) is 0.850. The Hall–Kier alpha value is -2.87. The number of hydrogen-bond donors (Lipinski definition) is 2. The van der Waals surface area contributed by atoms with E-state index in [0.29, 0.717) is 31.7 Å². The van der Waals surface area contributed by atoms with Crippen LogP contribution in [-0.4, -0.2) is 38.4 Å². The van der Waals surface area contributed by atoms with Crippen LogP contribution in [0.1, 0.15) is 40.5 Å². The number of carboxylic acid groups (broad SMARTS) is 1. The molecule has 1 aromatic carbocycles. The molecular formula is C19H24N4O4. The van der Waals surface area contributed by atoms with Crippen LogP contribution in [0.4, 0.5) is 4.79 Å². The number of fused-ring (bicyclic) bond motifs is 1. The molecular weight excluding hydrogens is 348 g/mol. The van der Waals surface area contributed by atoms with Gasteiger partial charge >= 0.3 is 12.1 Å². The summed E-state index contributed by atoms with van der Waals surface area (Å²) >= 11 is 0. The number of ether oxygens (including phenoxy) is 1. The van der Waals surface area contributed by atoms with Crippen LogP contribution in [0.5, 0.6) is 0 Å². The number of amides is 1. The first-order chi connectivity index (χ1) is 12.8. The summed E-state index contributed by atoms with van der Waals surface area (Å²) in [6.07, 6.45) is 0.308. The van der Waals surface area contributed by atoms with E-state index in [-0.39, 0.29) is 6.61 Å². The molecule has 1 amide bonds. The van der Waals surface area contributed by atoms with E-state index in [1.54, 1.807) is 15.6 Å². The average molecular weight is 372 g/mol. The monoisotopic (exact) mass is 372 g/mol. The molecule has 1 aliphatic rings. The van der Waals surface area contributed by atoms with Crippen molar-refractivity contribution in [3.8, 4) is 0 Å². The first-order valence-electron chi connectivity index (χ1n) is 8.87. The summed E-state index contributed by atoms with van der Waals surface area (Å²) in [6.45, 7) is 5.69. The highest BCUT2D eigenvalue weighted by Gasteiger charge is 2.25. The van der Waals surface area contributed by atoms with Crippen molar-refractivity contribution in [3.63, 3.8) is 0 Å². The summed E-state index contributed by atoms with van der Waals surface area (Å²) in [7, 11) is 0. The fourth-order valence-electron chi connectivity index (χ4n) is 3.31. The van der Waals surface area contributed by atoms with Gasteiger partial charge in [0, 0.05) is 13.1 Å². The summed E-state index contributed by atoms with van der Waals surface area (Å²) in [4.78, 5) is 25.2. The summed E-state index contributed by atoms with van der Waals surface area (Å²) in [5, 5.41) is 13.3. The zero-order chi connectivity index (χ0) is 19.6. The third-order valence-corrected chi connectivity index (χ3v) is 4.52. The number of aliphatic carboxylic acids is 1. The van der Waals surface area contributed by atoms with Crippen LogP contribution < -0.4 is 5.73 Å². The first kappa shape index (κ1) is 18.9. The van der Waals surface area contributed by atoms with Gasteiger partial charge in [0.15, 0.2) is 0 Å². The molecule has 3 rings (SSSR count). The molecule has 0 saturated heterocycles. The van der Waals surface area contributed by atoms with Crippen molar-refractivity contribution in [1.29, 1.82) is 0 Å². The normalized spacial score (nSPS) is 15.0. The van der Waals surface area contributed by atoms with Crippen LogP contribution in [0.25, 0.3) is 0 Å². The minimum Gasteiger partial charge on any atom is -0.480 e. The number of rotatable bonds is 4. The minimum absolute atomic E-state index is 0.215. The number of hydrogen-bond acceptors (Lipinski definition) is 5. The SMILES string of the molecule is Cc1cc(C)cc(COC(=O)N2CCCn3nc(C(N)C(=O)O)cc3C2)c1. The summed E-state index contributed by atoms with van der Waals surface area (Å²) in [5.41, 5.74) is 9.89. The molecule has 0 bridgehead atoms. The molecule has 1 aromatic heterocycles. The zero-order valence-corrected chi connectivity index (χ0v) is 15.5. The smallest absolute Gasteiger partial charge is 0.410 e. The third kappa shape index (κ3) is 4.46. The lowest BCUT2D eigenvalue weighted by Crippen LogP contribution is -2.31. The number of carbonyl (C=O) groups excluding carboxylic acids is 1. The average Bonchev–Trinajstić information content (AvgIpc) is 2.89. The van der Waals surface area contributed by atoms with Crippen molar-refractivity contribution in [3.05, 3.63) is 52.3 Å². The Morgan fingerprint density at radius 3 is 2.59 bits per heavy atom. The largest absolute Gasteiger partial charge is 0.480 e. The van der Waals surface area contributed by atoms with Crippen molar-refractivity contribution < 1.29 is 19.4 Å². The number of nitrogens with two attached hydrogens (primary N) is 1. The van der Waals surface area contributed by atoms with Gasteiger partial charge in [-0.25, -0.2) is 4.79 Å². The van der Waals surface area contributed by atoms with E-state index in [0.717, 1.165) is 22.4 Å². The van der Waals surface area contributed by atoms with Crippen molar-refractivity contribution in [2.75, 3.05) is 6.54 Å². The Morgan fingerprint density at radius 1 is 1.22 bits per heavy atom. The maximum absolute atomic E-state index is 12.5. The molecule has 27 heavy (non-hydrogen) atoms. The minimum atomic E-state index is -1.17. The molecule has 8 heteroatoms. The molecule has 2 aromatic rings. The van der Waals surface area contributed by atoms with Crippen LogP contribution in [-0.2, 0) is 29.2 Å². The Bertz CT molecular complexity index is 841. The molecule has 3 N–H and O–H groups in total. The third-order valence-electron chi connectivity index (χ3n) is 4.52. The van der Waals surface area contributed by atoms with E-state index in [2.05, 4.69) is 11.2 Å². The second-order valence-electron chi connectivity index (χ2n) is 6.93. The lowest BCUT2D eigenvalue weighted by atomic mass is 10.1. The van der Waals surface area contributed by atoms with E-state index in [1.807, 2.05) is 26.0 Å². The van der Waals surface area contributed by atoms with Gasteiger partial charge in [0.25, 0.3) is 0 Å². The summed E-state index contributed by atoms with van der Waals surface area (Å²) < 4.78 is 7.20. The van der Waals surface area contributed by atoms with E-state index in [9.17, 15) is 9.59 Å². The summed E-state index contributed by atoms with van der Waals surface area (Å²) in [5.74, 6) is -1.13. The van der Waals surface area contributed by atoms with Gasteiger partial charge in [-0.1, -0.05) is 29.3 Å². The van der Waals surface area contributed by atoms with E-state index < -0.39 is 18.1 Å². The Kier molecular flexibility index (Phi) is 5.46. The predicted octanol–water partition coefficient (Wildman–Crippen LogP) is 2.13. The second kappa shape index (κ2) is 7.79. The van der Waals surface area contributed by atoms with Crippen LogP contribution in [0, 0.1) is 13.8 Å². The molecule has 0 fully saturated rings. The molecule has 2 heterocycles. The number of carbonyl (C=O) groups is 2. The Morgan fingerprint density at radius 2 is 1.93 bits per heavy atom. The van der Waals surface area contributed by atoms with E-state index in [1.165, 1.54) is 0 Å². The van der Waals surface area contributed by atoms with Gasteiger partial charge in [-0.15, -0.1) is 0 Å². The molecule has 0 radical (unpaired) electrons. The number of aryl methyl sites for hydroxylation is 3. The highest BCUT2D eigenvalue weighted by atomic mass is 16.6. The lowest BCUT2D eigenvalue weighted by molar-refractivity contribution is -0.138. The van der Waals surface area contributed by atoms with Gasteiger partial charge in [-0.3, -0.25) is 9.48 Å². The highest BCUT2D eigenvalue weighted by Crippen LogP contribution is 2.18. The number of carboxylic acids is 1. The number of aromatic nitrogens is 2. The molecule has 1 atom stereocenters. The Labute approximate surface area is 157 Å². The Balaban J connectivity index is 1.66. The molecule has 8 nitrogen and oxygen atoms in total. The van der Waals surface area contributed by atoms with Crippen molar-refractivity contribution in [1.82, 2.24) is 14.7 Å². The second-order valence-corrected chi connectivity index (χ2v) is 6.93. The fourth-order valence-corrected chi connectivity index (χ4v) is 3.31. The molecule has 0 aliphatic carbocycles. The van der Waals surface area contributed by atoms with Gasteiger partial charge in [0.1, 0.15) is 12.6 Å². The molecule has 144 valence electrons. The van der Waals surface area contributed by atoms with Gasteiger partial charge in [-0.2, -0.15) is 5.10 Å². The van der Waals surface area contributed by atoms with Crippen molar-refractivity contribution in [2.24, 2.45) is 5.73 Å². The zero-order valence-electron chi connectivity index (χ0n) is 15.5. The highest BCUT2D eigenvalue weighted by molar-refractivity contribution is 5.74. The molecule has 0 saturated carbocycles. The predicted molar refractivity (Wildman–Crippen MR) is 97.9 cm³/mol. The van der Waals surface area contributed by atoms with Crippen molar-refractivity contribution >= 4 is 12.1 Å². The molecule has 1 unspecified atom stereocenters. The van der Waals surface area contributed by atoms with E-state index in [4.69, 9.17) is 15.6 Å². The summed E-state index contributed by atoms with van der Waals surface area (Å²) in [6, 6.07) is 6.54. The topological polar surface area (TPSA) is 111 Å². The number of nitrogens with zero attached hydrogens (tertiary/aromatic N) is 3. The van der Waals surface area contributed by atoms with Gasteiger partial charge < -0.3 is 20.5 Å². The van der Waals surface area contributed by atoms with Gasteiger partial charge in [-0.05, 0) is 31.9 Å². The van der Waals surface area contributed by atoms with Crippen molar-refractivity contribution in [2.45, 2.75) is 46.0 Å². The fraction of sp³-hybridized carbons (Fsp3) is 0.421. The molecule has 0 spiro atoms. The van der Waals surface area contributed by atoms with Crippen LogP contribution >= 0.6 is 0 Å². The van der Waals surface area contributed by atoms with E-state index >= 15 is 0 Å². The van der Waals surface area contributed by atoms with Gasteiger partial charge in [0.05, 0.1) is 17.9 Å². The maximum Gasteiger partial charge on any atom is 0.410 e. The van der Waals surface area contributed by atoms with Crippen LogP contribution in [0.15, 0.2) is 24.3 Å².